The van der Waals surface area contributed by atoms with Crippen LogP contribution in [-0.2, 0) is 6.54 Å². The van der Waals surface area contributed by atoms with E-state index >= 15 is 0 Å². The van der Waals surface area contributed by atoms with E-state index in [0.717, 1.165) is 0 Å². The second kappa shape index (κ2) is 6.01. The topological polar surface area (TPSA) is 82.5 Å². The van der Waals surface area contributed by atoms with Gasteiger partial charge in [0.1, 0.15) is 5.01 Å². The molecule has 1 rings (SSSR count). The van der Waals surface area contributed by atoms with Crippen molar-refractivity contribution in [1.29, 1.82) is 0 Å². The molecule has 0 radical (unpaired) electrons. The Bertz CT molecular complexity index is 465. The largest absolute Gasteiger partial charge is 0.476 e. The highest BCUT2D eigenvalue weighted by Gasteiger charge is 2.17. The first-order valence-electron chi connectivity index (χ1n) is 5.86. The Kier molecular flexibility index (Phi) is 4.88. The summed E-state index contributed by atoms with van der Waals surface area (Å²) < 4.78 is 0. The van der Waals surface area contributed by atoms with Gasteiger partial charge in [0.15, 0.2) is 5.69 Å². The van der Waals surface area contributed by atoms with Crippen LogP contribution in [0.1, 0.15) is 36.3 Å². The highest BCUT2D eigenvalue weighted by Crippen LogP contribution is 2.14. The first-order valence-corrected chi connectivity index (χ1v) is 6.73. The number of urea groups is 1. The standard InChI is InChI=1S/C12H19N3O3S/c1-12(2,3)7-15(4)11(18)13-5-9-14-8(6-19-9)10(16)17/h6H,5,7H2,1-4H3,(H,13,18)(H,16,17). The van der Waals surface area contributed by atoms with E-state index in [1.54, 1.807) is 11.9 Å². The van der Waals surface area contributed by atoms with E-state index in [0.29, 0.717) is 11.6 Å². The van der Waals surface area contributed by atoms with Crippen LogP contribution in [0.3, 0.4) is 0 Å². The molecule has 1 heterocycles. The summed E-state index contributed by atoms with van der Waals surface area (Å²) in [6.07, 6.45) is 0. The average Bonchev–Trinajstić information content (AvgIpc) is 2.72. The van der Waals surface area contributed by atoms with Crippen LogP contribution in [0.25, 0.3) is 0 Å². The van der Waals surface area contributed by atoms with E-state index in [1.807, 2.05) is 0 Å². The number of carbonyl (C=O) groups excluding carboxylic acids is 1. The summed E-state index contributed by atoms with van der Waals surface area (Å²) in [5.41, 5.74) is 0.0429. The maximum atomic E-state index is 11.8. The lowest BCUT2D eigenvalue weighted by Crippen LogP contribution is -2.41. The van der Waals surface area contributed by atoms with Crippen molar-refractivity contribution in [3.63, 3.8) is 0 Å². The molecule has 0 unspecified atom stereocenters. The minimum atomic E-state index is -1.06. The number of thiazole rings is 1. The number of carboxylic acid groups (broad SMARTS) is 1. The number of hydrogen-bond donors (Lipinski definition) is 2. The predicted octanol–water partition coefficient (Wildman–Crippen LogP) is 2.03. The smallest absolute Gasteiger partial charge is 0.355 e. The quantitative estimate of drug-likeness (QED) is 0.886. The van der Waals surface area contributed by atoms with E-state index < -0.39 is 5.97 Å². The summed E-state index contributed by atoms with van der Waals surface area (Å²) in [7, 11) is 1.73. The number of rotatable bonds is 4. The Labute approximate surface area is 116 Å². The molecule has 0 aromatic carbocycles. The molecule has 0 saturated heterocycles. The number of nitrogens with zero attached hydrogens (tertiary/aromatic N) is 2. The van der Waals surface area contributed by atoms with E-state index in [4.69, 9.17) is 5.11 Å². The number of hydrogen-bond acceptors (Lipinski definition) is 4. The van der Waals surface area contributed by atoms with Gasteiger partial charge in [0.2, 0.25) is 0 Å². The van der Waals surface area contributed by atoms with Crippen molar-refractivity contribution in [3.8, 4) is 0 Å². The monoisotopic (exact) mass is 285 g/mol. The lowest BCUT2D eigenvalue weighted by atomic mass is 9.96. The van der Waals surface area contributed by atoms with Crippen molar-refractivity contribution in [3.05, 3.63) is 16.1 Å². The van der Waals surface area contributed by atoms with Gasteiger partial charge in [-0.1, -0.05) is 20.8 Å². The van der Waals surface area contributed by atoms with Gasteiger partial charge in [-0.05, 0) is 5.41 Å². The van der Waals surface area contributed by atoms with E-state index in [-0.39, 0.29) is 23.7 Å². The molecule has 2 N–H and O–H groups in total. The number of aromatic nitrogens is 1. The Morgan fingerprint density at radius 1 is 1.47 bits per heavy atom. The fourth-order valence-corrected chi connectivity index (χ4v) is 2.27. The predicted molar refractivity (Wildman–Crippen MR) is 73.4 cm³/mol. The summed E-state index contributed by atoms with van der Waals surface area (Å²) in [6.45, 7) is 7.03. The third kappa shape index (κ3) is 5.25. The first-order chi connectivity index (χ1) is 8.69. The Morgan fingerprint density at radius 2 is 2.11 bits per heavy atom. The van der Waals surface area contributed by atoms with Crippen LogP contribution in [0.2, 0.25) is 0 Å². The summed E-state index contributed by atoms with van der Waals surface area (Å²) in [6, 6.07) is -0.193. The lowest BCUT2D eigenvalue weighted by Gasteiger charge is -2.26. The molecule has 2 amide bonds. The zero-order valence-corrected chi connectivity index (χ0v) is 12.4. The fourth-order valence-electron chi connectivity index (χ4n) is 1.56. The van der Waals surface area contributed by atoms with Gasteiger partial charge in [-0.15, -0.1) is 11.3 Å². The van der Waals surface area contributed by atoms with Gasteiger partial charge in [-0.2, -0.15) is 0 Å². The van der Waals surface area contributed by atoms with Gasteiger partial charge in [-0.25, -0.2) is 14.6 Å². The van der Waals surface area contributed by atoms with Gasteiger partial charge in [0, 0.05) is 19.0 Å². The van der Waals surface area contributed by atoms with Crippen molar-refractivity contribution in [2.24, 2.45) is 5.41 Å². The molecular weight excluding hydrogens is 266 g/mol. The van der Waals surface area contributed by atoms with Gasteiger partial charge in [-0.3, -0.25) is 0 Å². The number of carbonyl (C=O) groups is 2. The minimum absolute atomic E-state index is 0.0114. The average molecular weight is 285 g/mol. The Morgan fingerprint density at radius 3 is 2.58 bits per heavy atom. The summed E-state index contributed by atoms with van der Waals surface area (Å²) in [5.74, 6) is -1.06. The van der Waals surface area contributed by atoms with Crippen LogP contribution in [0.5, 0.6) is 0 Å². The SMILES string of the molecule is CN(CC(C)(C)C)C(=O)NCc1nc(C(=O)O)cs1. The zero-order chi connectivity index (χ0) is 14.6. The second-order valence-corrected chi connectivity index (χ2v) is 6.45. The first kappa shape index (κ1) is 15.4. The lowest BCUT2D eigenvalue weighted by molar-refractivity contribution is 0.0691. The van der Waals surface area contributed by atoms with E-state index in [2.05, 4.69) is 31.1 Å². The molecular formula is C12H19N3O3S. The molecule has 0 fully saturated rings. The van der Waals surface area contributed by atoms with E-state index in [1.165, 1.54) is 16.7 Å². The van der Waals surface area contributed by atoms with Gasteiger partial charge in [0.05, 0.1) is 6.54 Å². The van der Waals surface area contributed by atoms with Crippen LogP contribution < -0.4 is 5.32 Å². The summed E-state index contributed by atoms with van der Waals surface area (Å²) in [4.78, 5) is 28.0. The van der Waals surface area contributed by atoms with Crippen LogP contribution in [0.4, 0.5) is 4.79 Å². The number of aromatic carboxylic acids is 1. The molecule has 0 aliphatic heterocycles. The van der Waals surface area contributed by atoms with Crippen molar-refractivity contribution in [2.75, 3.05) is 13.6 Å². The highest BCUT2D eigenvalue weighted by molar-refractivity contribution is 7.09. The van der Waals surface area contributed by atoms with Crippen LogP contribution >= 0.6 is 11.3 Å². The van der Waals surface area contributed by atoms with Gasteiger partial charge < -0.3 is 15.3 Å². The molecule has 1 aromatic heterocycles. The molecule has 0 aliphatic rings. The fraction of sp³-hybridized carbons (Fsp3) is 0.583. The molecule has 106 valence electrons. The molecule has 1 aromatic rings. The number of amides is 2. The minimum Gasteiger partial charge on any atom is -0.476 e. The Hall–Kier alpha value is -1.63. The van der Waals surface area contributed by atoms with Gasteiger partial charge in [0.25, 0.3) is 0 Å². The number of nitrogens with one attached hydrogen (secondary N) is 1. The second-order valence-electron chi connectivity index (χ2n) is 5.51. The van der Waals surface area contributed by atoms with Crippen molar-refractivity contribution in [1.82, 2.24) is 15.2 Å². The molecule has 19 heavy (non-hydrogen) atoms. The molecule has 6 nitrogen and oxygen atoms in total. The van der Waals surface area contributed by atoms with E-state index in [9.17, 15) is 9.59 Å². The Balaban J connectivity index is 2.47. The molecule has 0 saturated carbocycles. The third-order valence-corrected chi connectivity index (χ3v) is 3.07. The highest BCUT2D eigenvalue weighted by atomic mass is 32.1. The van der Waals surface area contributed by atoms with Crippen LogP contribution in [-0.4, -0.2) is 40.6 Å². The van der Waals surface area contributed by atoms with Gasteiger partial charge >= 0.3 is 12.0 Å². The maximum absolute atomic E-state index is 11.8. The molecule has 0 bridgehead atoms. The normalized spacial score (nSPS) is 11.2. The number of carboxylic acids is 1. The van der Waals surface area contributed by atoms with Crippen molar-refractivity contribution in [2.45, 2.75) is 27.3 Å². The maximum Gasteiger partial charge on any atom is 0.355 e. The van der Waals surface area contributed by atoms with Crippen LogP contribution in [0, 0.1) is 5.41 Å². The summed E-state index contributed by atoms with van der Waals surface area (Å²) >= 11 is 1.22. The third-order valence-electron chi connectivity index (χ3n) is 2.22. The molecule has 0 spiro atoms. The zero-order valence-electron chi connectivity index (χ0n) is 11.6. The molecule has 0 aliphatic carbocycles. The molecule has 7 heteroatoms. The summed E-state index contributed by atoms with van der Waals surface area (Å²) in [5, 5.41) is 13.5. The van der Waals surface area contributed by atoms with Crippen molar-refractivity contribution >= 4 is 23.3 Å². The van der Waals surface area contributed by atoms with Crippen LogP contribution in [0.15, 0.2) is 5.38 Å². The van der Waals surface area contributed by atoms with Crippen molar-refractivity contribution < 1.29 is 14.7 Å². The molecule has 0 atom stereocenters.